The highest BCUT2D eigenvalue weighted by Gasteiger charge is 2.51. The van der Waals surface area contributed by atoms with E-state index in [0.29, 0.717) is 12.0 Å². The minimum absolute atomic E-state index is 0.438. The Hall–Kier alpha value is 0.500. The lowest BCUT2D eigenvalue weighted by atomic mass is 10.3. The first-order valence-corrected chi connectivity index (χ1v) is 5.07. The molecule has 0 aromatic carbocycles. The average molecular weight is 211 g/mol. The minimum atomic E-state index is -0.438. The van der Waals surface area contributed by atoms with Crippen LogP contribution in [0.5, 0.6) is 0 Å². The summed E-state index contributed by atoms with van der Waals surface area (Å²) < 4.78 is -0.438. The molecule has 0 aromatic rings. The number of rotatable bonds is 5. The summed E-state index contributed by atoms with van der Waals surface area (Å²) in [5.41, 5.74) is 0. The fourth-order valence-electron chi connectivity index (χ4n) is 1.21. The zero-order valence-electron chi connectivity index (χ0n) is 7.53. The quantitative estimate of drug-likeness (QED) is 0.671. The minimum Gasteiger partial charge on any atom is -0.318 e. The van der Waals surface area contributed by atoms with Crippen molar-refractivity contribution in [3.8, 4) is 0 Å². The van der Waals surface area contributed by atoms with Crippen LogP contribution in [0.15, 0.2) is 0 Å². The highest BCUT2D eigenvalue weighted by molar-refractivity contribution is 6.50. The second-order valence-corrected chi connectivity index (χ2v) is 5.07. The molecule has 1 aliphatic rings. The third kappa shape index (κ3) is 3.09. The molecule has 2 N–H and O–H groups in total. The first-order valence-electron chi connectivity index (χ1n) is 4.32. The van der Waals surface area contributed by atoms with Crippen LogP contribution in [0.1, 0.15) is 13.3 Å². The molecule has 1 aliphatic carbocycles. The van der Waals surface area contributed by atoms with Gasteiger partial charge in [0.25, 0.3) is 0 Å². The lowest BCUT2D eigenvalue weighted by Gasteiger charge is -2.12. The Bertz CT molecular complexity index is 150. The number of alkyl halides is 2. The monoisotopic (exact) mass is 210 g/mol. The molecule has 0 saturated heterocycles. The third-order valence-corrected chi connectivity index (χ3v) is 3.10. The van der Waals surface area contributed by atoms with Crippen molar-refractivity contribution in [1.29, 1.82) is 0 Å². The summed E-state index contributed by atoms with van der Waals surface area (Å²) in [5.74, 6) is 0.445. The summed E-state index contributed by atoms with van der Waals surface area (Å²) in [5, 5.41) is 6.47. The molecule has 1 saturated carbocycles. The summed E-state index contributed by atoms with van der Waals surface area (Å²) in [7, 11) is 1.95. The van der Waals surface area contributed by atoms with Crippen molar-refractivity contribution in [2.45, 2.75) is 23.7 Å². The van der Waals surface area contributed by atoms with E-state index in [0.717, 1.165) is 19.5 Å². The van der Waals surface area contributed by atoms with Crippen LogP contribution in [-0.4, -0.2) is 30.5 Å². The van der Waals surface area contributed by atoms with Crippen molar-refractivity contribution < 1.29 is 0 Å². The topological polar surface area (TPSA) is 24.1 Å². The van der Waals surface area contributed by atoms with Crippen molar-refractivity contribution in [2.75, 3.05) is 20.1 Å². The van der Waals surface area contributed by atoms with E-state index in [-0.39, 0.29) is 0 Å². The van der Waals surface area contributed by atoms with E-state index in [4.69, 9.17) is 23.2 Å². The zero-order valence-corrected chi connectivity index (χ0v) is 9.04. The Morgan fingerprint density at radius 2 is 2.17 bits per heavy atom. The summed E-state index contributed by atoms with van der Waals surface area (Å²) >= 11 is 11.8. The summed E-state index contributed by atoms with van der Waals surface area (Å²) in [6.07, 6.45) is 0.926. The molecule has 2 nitrogen and oxygen atoms in total. The van der Waals surface area contributed by atoms with Crippen LogP contribution >= 0.6 is 23.2 Å². The first-order chi connectivity index (χ1) is 5.56. The van der Waals surface area contributed by atoms with Crippen LogP contribution in [-0.2, 0) is 0 Å². The van der Waals surface area contributed by atoms with Gasteiger partial charge in [-0.15, -0.1) is 23.2 Å². The normalized spacial score (nSPS) is 28.5. The van der Waals surface area contributed by atoms with E-state index < -0.39 is 4.33 Å². The Balaban J connectivity index is 2.03. The fraction of sp³-hybridized carbons (Fsp3) is 1.00. The highest BCUT2D eigenvalue weighted by atomic mass is 35.5. The predicted molar refractivity (Wildman–Crippen MR) is 53.9 cm³/mol. The lowest BCUT2D eigenvalue weighted by molar-refractivity contribution is 0.506. The maximum atomic E-state index is 5.88. The standard InChI is InChI=1S/C8H16Cl2N2/c1-6(4-11-2)12-5-7-3-8(7,9)10/h6-7,11-12H,3-5H2,1-2H3. The van der Waals surface area contributed by atoms with Gasteiger partial charge in [0, 0.05) is 25.0 Å². The summed E-state index contributed by atoms with van der Waals surface area (Å²) in [6, 6.07) is 0.486. The van der Waals surface area contributed by atoms with E-state index in [1.54, 1.807) is 0 Å². The summed E-state index contributed by atoms with van der Waals surface area (Å²) in [4.78, 5) is 0. The predicted octanol–water partition coefficient (Wildman–Crippen LogP) is 1.38. The fourth-order valence-corrected chi connectivity index (χ4v) is 1.74. The molecule has 4 heteroatoms. The van der Waals surface area contributed by atoms with Gasteiger partial charge in [-0.25, -0.2) is 0 Å². The van der Waals surface area contributed by atoms with Crippen LogP contribution < -0.4 is 10.6 Å². The van der Waals surface area contributed by atoms with Gasteiger partial charge in [-0.3, -0.25) is 0 Å². The lowest BCUT2D eigenvalue weighted by Crippen LogP contribution is -2.36. The van der Waals surface area contributed by atoms with Crippen LogP contribution in [0.2, 0.25) is 0 Å². The molecule has 72 valence electrons. The van der Waals surface area contributed by atoms with E-state index in [1.165, 1.54) is 0 Å². The number of nitrogens with one attached hydrogen (secondary N) is 2. The second kappa shape index (κ2) is 4.14. The van der Waals surface area contributed by atoms with Crippen molar-refractivity contribution in [3.63, 3.8) is 0 Å². The number of halogens is 2. The van der Waals surface area contributed by atoms with Gasteiger partial charge in [0.15, 0.2) is 0 Å². The molecule has 12 heavy (non-hydrogen) atoms. The smallest absolute Gasteiger partial charge is 0.122 e. The maximum absolute atomic E-state index is 5.88. The molecular formula is C8H16Cl2N2. The number of hydrogen-bond donors (Lipinski definition) is 2. The second-order valence-electron chi connectivity index (χ2n) is 3.53. The number of hydrogen-bond acceptors (Lipinski definition) is 2. The molecule has 1 rings (SSSR count). The van der Waals surface area contributed by atoms with Gasteiger partial charge >= 0.3 is 0 Å². The van der Waals surface area contributed by atoms with Crippen LogP contribution in [0.3, 0.4) is 0 Å². The Labute approximate surface area is 84.0 Å². The largest absolute Gasteiger partial charge is 0.318 e. The van der Waals surface area contributed by atoms with Gasteiger partial charge in [0.2, 0.25) is 0 Å². The van der Waals surface area contributed by atoms with E-state index in [9.17, 15) is 0 Å². The molecule has 0 aromatic heterocycles. The third-order valence-electron chi connectivity index (χ3n) is 2.18. The Morgan fingerprint density at radius 1 is 1.58 bits per heavy atom. The molecule has 1 fully saturated rings. The Kier molecular flexibility index (Phi) is 3.65. The van der Waals surface area contributed by atoms with Gasteiger partial charge in [-0.1, -0.05) is 0 Å². The van der Waals surface area contributed by atoms with Crippen LogP contribution in [0.25, 0.3) is 0 Å². The molecule has 2 atom stereocenters. The van der Waals surface area contributed by atoms with Gasteiger partial charge in [-0.05, 0) is 20.4 Å². The van der Waals surface area contributed by atoms with Crippen molar-refractivity contribution in [2.24, 2.45) is 5.92 Å². The van der Waals surface area contributed by atoms with Crippen molar-refractivity contribution in [3.05, 3.63) is 0 Å². The van der Waals surface area contributed by atoms with Gasteiger partial charge in [0.05, 0.1) is 0 Å². The molecule has 0 spiro atoms. The van der Waals surface area contributed by atoms with E-state index >= 15 is 0 Å². The molecule has 0 bridgehead atoms. The van der Waals surface area contributed by atoms with E-state index in [1.807, 2.05) is 7.05 Å². The zero-order chi connectivity index (χ0) is 9.19. The Morgan fingerprint density at radius 3 is 2.58 bits per heavy atom. The average Bonchev–Trinajstić information content (AvgIpc) is 2.56. The molecule has 0 aliphatic heterocycles. The van der Waals surface area contributed by atoms with Gasteiger partial charge < -0.3 is 10.6 Å². The highest BCUT2D eigenvalue weighted by Crippen LogP contribution is 2.52. The van der Waals surface area contributed by atoms with Crippen molar-refractivity contribution in [1.82, 2.24) is 10.6 Å². The van der Waals surface area contributed by atoms with E-state index in [2.05, 4.69) is 17.6 Å². The molecule has 0 radical (unpaired) electrons. The van der Waals surface area contributed by atoms with Gasteiger partial charge in [-0.2, -0.15) is 0 Å². The molecule has 0 amide bonds. The SMILES string of the molecule is CNCC(C)NCC1CC1(Cl)Cl. The van der Waals surface area contributed by atoms with Crippen LogP contribution in [0, 0.1) is 5.92 Å². The van der Waals surface area contributed by atoms with Crippen LogP contribution in [0.4, 0.5) is 0 Å². The molecular weight excluding hydrogens is 195 g/mol. The van der Waals surface area contributed by atoms with Crippen molar-refractivity contribution >= 4 is 23.2 Å². The number of likely N-dealkylation sites (N-methyl/N-ethyl adjacent to an activating group) is 1. The van der Waals surface area contributed by atoms with Gasteiger partial charge in [0.1, 0.15) is 4.33 Å². The first kappa shape index (κ1) is 10.6. The maximum Gasteiger partial charge on any atom is 0.122 e. The molecule has 0 heterocycles. The molecule has 2 unspecified atom stereocenters. The summed E-state index contributed by atoms with van der Waals surface area (Å²) in [6.45, 7) is 4.04.